The Hall–Kier alpha value is -3.36. The van der Waals surface area contributed by atoms with E-state index in [-0.39, 0.29) is 24.0 Å². The van der Waals surface area contributed by atoms with E-state index in [0.717, 1.165) is 5.56 Å². The number of allylic oxidation sites excluding steroid dienone is 1. The molecule has 176 valence electrons. The van der Waals surface area contributed by atoms with Crippen LogP contribution in [0.2, 0.25) is 0 Å². The zero-order valence-corrected chi connectivity index (χ0v) is 18.9. The summed E-state index contributed by atoms with van der Waals surface area (Å²) in [5, 5.41) is 0. The maximum Gasteiger partial charge on any atom is 0.420 e. The van der Waals surface area contributed by atoms with Crippen molar-refractivity contribution in [2.45, 2.75) is 51.3 Å². The molecule has 3 aromatic rings. The molecule has 0 saturated carbocycles. The first-order chi connectivity index (χ1) is 16.1. The van der Waals surface area contributed by atoms with E-state index in [1.165, 1.54) is 10.6 Å². The van der Waals surface area contributed by atoms with E-state index in [4.69, 9.17) is 4.74 Å². The number of hydrogen-bond donors (Lipinski definition) is 0. The van der Waals surface area contributed by atoms with Crippen LogP contribution in [0.5, 0.6) is 0 Å². The zero-order chi connectivity index (χ0) is 24.2. The molecule has 7 nitrogen and oxygen atoms in total. The monoisotopic (exact) mass is 469 g/mol. The van der Waals surface area contributed by atoms with Crippen molar-refractivity contribution in [2.24, 2.45) is 7.05 Å². The van der Waals surface area contributed by atoms with Crippen molar-refractivity contribution in [3.63, 3.8) is 0 Å². The highest BCUT2D eigenvalue weighted by Crippen LogP contribution is 2.41. The van der Waals surface area contributed by atoms with Gasteiger partial charge in [0.1, 0.15) is 17.0 Å². The highest BCUT2D eigenvalue weighted by Gasteiger charge is 2.39. The molecular formula is C24H22F3N5O2. The number of pyridine rings is 1. The lowest BCUT2D eigenvalue weighted by molar-refractivity contribution is -0.0934. The lowest BCUT2D eigenvalue weighted by Crippen LogP contribution is -2.23. The maximum absolute atomic E-state index is 13.0. The normalized spacial score (nSPS) is 20.6. The Kier molecular flexibility index (Phi) is 5.37. The molecule has 0 amide bonds. The van der Waals surface area contributed by atoms with Gasteiger partial charge in [-0.15, -0.1) is 5.73 Å². The lowest BCUT2D eigenvalue weighted by atomic mass is 9.90. The molecule has 10 heteroatoms. The SMILES string of the molecule is Cc1nc2nc(C3CCOC(c4ccc(=O)n(C)c4)C3)nc(C3=C=C(C(F)(F)F)C3)c2nc1C. The van der Waals surface area contributed by atoms with E-state index in [0.29, 0.717) is 59.1 Å². The molecule has 1 aliphatic heterocycles. The average Bonchev–Trinajstić information content (AvgIpc) is 2.74. The summed E-state index contributed by atoms with van der Waals surface area (Å²) in [6, 6.07) is 3.25. The Bertz CT molecular complexity index is 1440. The Balaban J connectivity index is 1.57. The molecule has 0 radical (unpaired) electrons. The molecule has 1 saturated heterocycles. The summed E-state index contributed by atoms with van der Waals surface area (Å²) in [6.45, 7) is 4.08. The van der Waals surface area contributed by atoms with Gasteiger partial charge >= 0.3 is 6.18 Å². The Morgan fingerprint density at radius 2 is 1.85 bits per heavy atom. The first-order valence-corrected chi connectivity index (χ1v) is 11.0. The number of aromatic nitrogens is 5. The molecule has 2 atom stereocenters. The van der Waals surface area contributed by atoms with Crippen LogP contribution in [0.1, 0.15) is 59.8 Å². The summed E-state index contributed by atoms with van der Waals surface area (Å²) < 4.78 is 46.6. The number of hydrogen-bond acceptors (Lipinski definition) is 6. The molecule has 0 spiro atoms. The Morgan fingerprint density at radius 3 is 2.56 bits per heavy atom. The molecule has 0 N–H and O–H groups in total. The van der Waals surface area contributed by atoms with Crippen LogP contribution in [-0.4, -0.2) is 37.3 Å². The van der Waals surface area contributed by atoms with Crippen LogP contribution in [0.15, 0.2) is 34.4 Å². The third-order valence-electron chi connectivity index (χ3n) is 6.37. The number of nitrogens with zero attached hydrogens (tertiary/aromatic N) is 5. The van der Waals surface area contributed by atoms with E-state index in [1.807, 2.05) is 6.92 Å². The zero-order valence-electron chi connectivity index (χ0n) is 18.9. The predicted octanol–water partition coefficient (Wildman–Crippen LogP) is 4.25. The second-order valence-electron chi connectivity index (χ2n) is 8.75. The standard InChI is InChI=1S/C24H22F3N5O2/c1-12-13(2)29-23-21(28-12)20(16-8-17(9-16)24(25,26)27)30-22(31-23)14-6-7-34-18(10-14)15-4-5-19(33)32(3)11-15/h4-5,11,14,18H,6-8,10H2,1-3H3. The van der Waals surface area contributed by atoms with Crippen LogP contribution >= 0.6 is 0 Å². The van der Waals surface area contributed by atoms with E-state index in [2.05, 4.69) is 25.7 Å². The van der Waals surface area contributed by atoms with Crippen LogP contribution in [0, 0.1) is 13.8 Å². The summed E-state index contributed by atoms with van der Waals surface area (Å²) >= 11 is 0. The van der Waals surface area contributed by atoms with Gasteiger partial charge in [-0.3, -0.25) is 4.79 Å². The molecule has 34 heavy (non-hydrogen) atoms. The highest BCUT2D eigenvalue weighted by atomic mass is 19.4. The third kappa shape index (κ3) is 4.03. The molecule has 2 unspecified atom stereocenters. The van der Waals surface area contributed by atoms with Crippen molar-refractivity contribution in [3.8, 4) is 0 Å². The van der Waals surface area contributed by atoms with Crippen LogP contribution in [0.4, 0.5) is 13.2 Å². The van der Waals surface area contributed by atoms with Crippen LogP contribution in [0.3, 0.4) is 0 Å². The molecule has 5 rings (SSSR count). The minimum atomic E-state index is -4.41. The number of ether oxygens (including phenoxy) is 1. The van der Waals surface area contributed by atoms with E-state index in [9.17, 15) is 18.0 Å². The topological polar surface area (TPSA) is 82.8 Å². The van der Waals surface area contributed by atoms with Crippen molar-refractivity contribution in [1.82, 2.24) is 24.5 Å². The van der Waals surface area contributed by atoms with Gasteiger partial charge in [0, 0.05) is 43.8 Å². The van der Waals surface area contributed by atoms with Crippen LogP contribution in [0.25, 0.3) is 16.7 Å². The van der Waals surface area contributed by atoms with E-state index >= 15 is 0 Å². The Morgan fingerprint density at radius 1 is 1.12 bits per heavy atom. The van der Waals surface area contributed by atoms with Gasteiger partial charge in [0.25, 0.3) is 0 Å². The Labute approximate surface area is 193 Å². The molecule has 0 aromatic carbocycles. The van der Waals surface area contributed by atoms with Gasteiger partial charge < -0.3 is 9.30 Å². The number of fused-ring (bicyclic) bond motifs is 1. The molecular weight excluding hydrogens is 447 g/mol. The first kappa shape index (κ1) is 22.4. The van der Waals surface area contributed by atoms with Crippen molar-refractivity contribution >= 4 is 16.7 Å². The van der Waals surface area contributed by atoms with Gasteiger partial charge in [0.2, 0.25) is 5.56 Å². The number of halogens is 3. The van der Waals surface area contributed by atoms with Crippen molar-refractivity contribution in [1.29, 1.82) is 0 Å². The minimum Gasteiger partial charge on any atom is -0.373 e. The molecule has 1 aliphatic carbocycles. The summed E-state index contributed by atoms with van der Waals surface area (Å²) in [4.78, 5) is 30.2. The van der Waals surface area contributed by atoms with E-state index < -0.39 is 11.7 Å². The number of aryl methyl sites for hydroxylation is 3. The van der Waals surface area contributed by atoms with Gasteiger partial charge in [0.15, 0.2) is 5.65 Å². The number of rotatable bonds is 3. The molecule has 4 heterocycles. The summed E-state index contributed by atoms with van der Waals surface area (Å²) in [5.41, 5.74) is 5.34. The highest BCUT2D eigenvalue weighted by molar-refractivity contribution is 5.87. The van der Waals surface area contributed by atoms with Gasteiger partial charge in [-0.1, -0.05) is 0 Å². The summed E-state index contributed by atoms with van der Waals surface area (Å²) in [7, 11) is 1.68. The average molecular weight is 469 g/mol. The minimum absolute atomic E-state index is 0.0886. The molecule has 1 fully saturated rings. The first-order valence-electron chi connectivity index (χ1n) is 11.0. The fourth-order valence-corrected chi connectivity index (χ4v) is 4.25. The fourth-order valence-electron chi connectivity index (χ4n) is 4.25. The fraction of sp³-hybridized carbons (Fsp3) is 0.417. The molecule has 2 aliphatic rings. The molecule has 3 aromatic heterocycles. The lowest BCUT2D eigenvalue weighted by Gasteiger charge is -2.29. The maximum atomic E-state index is 13.0. The van der Waals surface area contributed by atoms with Gasteiger partial charge in [-0.05, 0) is 38.3 Å². The van der Waals surface area contributed by atoms with Gasteiger partial charge in [-0.2, -0.15) is 13.2 Å². The second kappa shape index (κ2) is 8.14. The number of alkyl halides is 3. The van der Waals surface area contributed by atoms with Crippen LogP contribution < -0.4 is 5.56 Å². The van der Waals surface area contributed by atoms with E-state index in [1.54, 1.807) is 26.2 Å². The summed E-state index contributed by atoms with van der Waals surface area (Å²) in [5.74, 6) is 0.419. The van der Waals surface area contributed by atoms with Gasteiger partial charge in [-0.25, -0.2) is 19.9 Å². The third-order valence-corrected chi connectivity index (χ3v) is 6.37. The predicted molar refractivity (Wildman–Crippen MR) is 118 cm³/mol. The van der Waals surface area contributed by atoms with Crippen molar-refractivity contribution < 1.29 is 17.9 Å². The van der Waals surface area contributed by atoms with Crippen molar-refractivity contribution in [3.05, 3.63) is 68.5 Å². The largest absolute Gasteiger partial charge is 0.420 e. The quantitative estimate of drug-likeness (QED) is 0.534. The smallest absolute Gasteiger partial charge is 0.373 e. The summed E-state index contributed by atoms with van der Waals surface area (Å²) in [6.07, 6.45) is -1.94. The second-order valence-corrected chi connectivity index (χ2v) is 8.75. The van der Waals surface area contributed by atoms with Crippen molar-refractivity contribution in [2.75, 3.05) is 6.61 Å². The van der Waals surface area contributed by atoms with Gasteiger partial charge in [0.05, 0.1) is 23.1 Å². The van der Waals surface area contributed by atoms with Crippen LogP contribution in [-0.2, 0) is 11.8 Å². The molecule has 0 bridgehead atoms.